The Bertz CT molecular complexity index is 3800. The Morgan fingerprint density at radius 1 is 0.842 bits per heavy atom. The van der Waals surface area contributed by atoms with Crippen LogP contribution in [0.5, 0.6) is 0 Å². The topological polar surface area (TPSA) is 568 Å². The number of carboxylic acids is 3. The summed E-state index contributed by atoms with van der Waals surface area (Å²) < 4.78 is 16.5. The number of unbranched alkanes of at least 4 members (excludes halogenated alkanes) is 1. The Labute approximate surface area is 541 Å². The van der Waals surface area contributed by atoms with Gasteiger partial charge in [0.15, 0.2) is 28.6 Å². The highest BCUT2D eigenvalue weighted by molar-refractivity contribution is 8.00. The zero-order valence-corrected chi connectivity index (χ0v) is 52.1. The number of fused-ring (bicyclic) bond motifs is 5. The molecule has 0 bridgehead atoms. The largest absolute Gasteiger partial charge is 0.492 e. The Kier molecular flexibility index (Phi) is 22.0. The van der Waals surface area contributed by atoms with E-state index in [0.29, 0.717) is 23.1 Å². The van der Waals surface area contributed by atoms with E-state index in [-0.39, 0.29) is 110 Å². The standard InChI is InChI=1S/C57H69N17O20S/c1-24-42(80)41-39(43(81)44(24)92-2)28(22-94-56(61)91)57(93-3)45-33(21-73(41)57)74(45)36(76)8-6-16-72-37(77)18-34(51(72)86)95-23-32(53(89)90)69-49(84)31(17-38(78)79)68-48(83)29(7-4-5-15-62-54(58)59)66-35(75)14-13-30(52(87)88)67-47(82)25-9-11-26(12-10-25)63-19-27-20-64-46-40(65-27)50(85)71-55(60)70-46/h9-12,20,28-34,45,63H,4-8,13-19,21-23H2,1-3H3,(H2,61,91)(H,66,75)(H,67,82)(H,68,83)(H,69,84)(H,78,79)(H,87,88)(H,89,90)(H4,58,59,62)(H3,60,64,70,71,85)/t28-,29+,30+,31+,32+,33+,34?,45+,57-,74?/m0/s1. The molecule has 3 fully saturated rings. The van der Waals surface area contributed by atoms with Crippen molar-refractivity contribution in [2.45, 2.75) is 118 Å². The highest BCUT2D eigenvalue weighted by atomic mass is 32.2. The van der Waals surface area contributed by atoms with E-state index in [4.69, 9.17) is 37.1 Å². The number of benzene rings is 1. The molecular formula is C57H69N17O20S. The van der Waals surface area contributed by atoms with Gasteiger partial charge in [0.2, 0.25) is 53.0 Å². The highest BCUT2D eigenvalue weighted by Gasteiger charge is 2.77. The van der Waals surface area contributed by atoms with Gasteiger partial charge in [-0.2, -0.15) is 4.98 Å². The second-order valence-electron chi connectivity index (χ2n) is 22.5. The molecule has 1 unspecified atom stereocenters. The SMILES string of the molecule is COC1=C(C)C(=O)C2=C(C1=O)[C@H](COC(N)=O)[C@]1(OC)[C@H]3[C@@H](CN21)N3C(=O)CCCN1C(=O)CC(SC[C@@H](NC(=O)[C@@H](CC(=O)O)NC(=O)[C@@H](CCCCN=C(N)N)NC(=O)CC[C@@H](NC(=O)c2ccc(NCc3cnc4nc(N)[nH]c(=O)c4n3)cc2)C(=O)O)C(=O)O)C1=O. The van der Waals surface area contributed by atoms with Gasteiger partial charge in [0.05, 0.1) is 54.9 Å². The van der Waals surface area contributed by atoms with Gasteiger partial charge >= 0.3 is 24.0 Å². The quantitative estimate of drug-likeness (QED) is 0.00696. The van der Waals surface area contributed by atoms with E-state index in [9.17, 15) is 82.4 Å². The van der Waals surface area contributed by atoms with Gasteiger partial charge in [0.1, 0.15) is 36.8 Å². The minimum atomic E-state index is -1.97. The molecule has 3 aromatic rings. The van der Waals surface area contributed by atoms with Gasteiger partial charge in [-0.15, -0.1) is 11.8 Å². The number of amides is 8. The average Bonchev–Trinajstić information content (AvgIpc) is 1.49. The maximum absolute atomic E-state index is 13.9. The van der Waals surface area contributed by atoms with E-state index in [2.05, 4.69) is 51.5 Å². The number of hydrogen-bond donors (Lipinski definition) is 13. The van der Waals surface area contributed by atoms with Crippen LogP contribution in [0.25, 0.3) is 11.2 Å². The predicted molar refractivity (Wildman–Crippen MR) is 328 cm³/mol. The molecule has 6 heterocycles. The summed E-state index contributed by atoms with van der Waals surface area (Å²) in [4.78, 5) is 206. The number of allylic oxidation sites excluding steroid dienone is 2. The van der Waals surface area contributed by atoms with Crippen LogP contribution in [-0.2, 0) is 73.5 Å². The first-order valence-corrected chi connectivity index (χ1v) is 30.5. The molecule has 8 amide bonds. The van der Waals surface area contributed by atoms with Crippen molar-refractivity contribution < 1.29 is 91.9 Å². The molecule has 1 aromatic carbocycles. The third kappa shape index (κ3) is 15.7. The summed E-state index contributed by atoms with van der Waals surface area (Å²) in [5, 5.41) is 41.0. The number of primary amides is 1. The maximum Gasteiger partial charge on any atom is 0.404 e. The summed E-state index contributed by atoms with van der Waals surface area (Å²) in [5.74, 6) is -14.1. The lowest BCUT2D eigenvalue weighted by Crippen LogP contribution is -2.56. The number of aromatic amines is 1. The summed E-state index contributed by atoms with van der Waals surface area (Å²) in [5.41, 5.74) is 20.5. The number of anilines is 2. The van der Waals surface area contributed by atoms with Crippen LogP contribution in [0, 0.1) is 5.92 Å². The number of likely N-dealkylation sites (tertiary alicyclic amines) is 1. The fourth-order valence-corrected chi connectivity index (χ4v) is 13.0. The van der Waals surface area contributed by atoms with Gasteiger partial charge in [-0.05, 0) is 63.3 Å². The summed E-state index contributed by atoms with van der Waals surface area (Å²) in [7, 11) is 2.55. The minimum Gasteiger partial charge on any atom is -0.492 e. The first-order valence-electron chi connectivity index (χ1n) is 29.5. The number of piperazine rings is 1. The highest BCUT2D eigenvalue weighted by Crippen LogP contribution is 2.60. The normalized spacial score (nSPS) is 20.6. The lowest BCUT2D eigenvalue weighted by molar-refractivity contribution is -0.153. The van der Waals surface area contributed by atoms with E-state index in [1.807, 2.05) is 0 Å². The Hall–Kier alpha value is -10.8. The van der Waals surface area contributed by atoms with Crippen LogP contribution in [0.2, 0.25) is 0 Å². The van der Waals surface area contributed by atoms with Crippen molar-refractivity contribution in [2.24, 2.45) is 28.1 Å². The molecular weight excluding hydrogens is 1270 g/mol. The molecule has 508 valence electrons. The number of Topliss-reactive ketones (excluding diaryl/α,β-unsaturated/α-hetero) is 2. The second-order valence-corrected chi connectivity index (χ2v) is 23.7. The fourth-order valence-electron chi connectivity index (χ4n) is 11.8. The molecule has 5 aliphatic rings. The monoisotopic (exact) mass is 1340 g/mol. The number of aromatic nitrogens is 4. The van der Waals surface area contributed by atoms with E-state index in [0.717, 1.165) is 4.90 Å². The van der Waals surface area contributed by atoms with Crippen molar-refractivity contribution in [3.05, 3.63) is 74.7 Å². The average molecular weight is 1340 g/mol. The number of rotatable bonds is 33. The lowest BCUT2D eigenvalue weighted by atomic mass is 9.83. The number of imide groups is 1. The number of ketones is 2. The number of guanidine groups is 1. The van der Waals surface area contributed by atoms with Crippen molar-refractivity contribution in [3.8, 4) is 0 Å². The third-order valence-electron chi connectivity index (χ3n) is 16.4. The summed E-state index contributed by atoms with van der Waals surface area (Å²) in [6.07, 6.45) is -2.35. The maximum atomic E-state index is 13.9. The first-order chi connectivity index (χ1) is 45.1. The molecule has 0 radical (unpaired) electrons. The number of ether oxygens (including phenoxy) is 3. The van der Waals surface area contributed by atoms with E-state index < -0.39 is 174 Å². The van der Waals surface area contributed by atoms with Crippen molar-refractivity contribution in [1.82, 2.24) is 55.9 Å². The number of nitrogen functional groups attached to an aromatic ring is 1. The number of thioether (sulfide) groups is 1. The molecule has 0 saturated carbocycles. The lowest BCUT2D eigenvalue weighted by Gasteiger charge is -2.41. The summed E-state index contributed by atoms with van der Waals surface area (Å²) in [6.45, 7) is 0.963. The zero-order valence-electron chi connectivity index (χ0n) is 51.2. The van der Waals surface area contributed by atoms with Gasteiger partial charge in [0.25, 0.3) is 11.5 Å². The first kappa shape index (κ1) is 70.1. The zero-order chi connectivity index (χ0) is 69.3. The van der Waals surface area contributed by atoms with Crippen LogP contribution in [-0.4, -0.2) is 226 Å². The number of carbonyl (C=O) groups excluding carboxylic acids is 10. The Morgan fingerprint density at radius 3 is 2.19 bits per heavy atom. The fraction of sp³-hybridized carbons (Fsp3) is 0.474. The number of methoxy groups -OCH3 is 2. The van der Waals surface area contributed by atoms with Gasteiger partial charge < -0.3 is 88.8 Å². The number of nitrogens with two attached hydrogens (primary N) is 4. The van der Waals surface area contributed by atoms with E-state index in [1.54, 1.807) is 4.90 Å². The van der Waals surface area contributed by atoms with Gasteiger partial charge in [0, 0.05) is 74.2 Å². The number of aliphatic carboxylic acids is 3. The van der Waals surface area contributed by atoms with Gasteiger partial charge in [-0.1, -0.05) is 0 Å². The number of carboxylic acid groups (broad SMARTS) is 3. The smallest absolute Gasteiger partial charge is 0.404 e. The number of nitrogens with zero attached hydrogens (tertiary/aromatic N) is 7. The van der Waals surface area contributed by atoms with Crippen LogP contribution in [0.1, 0.15) is 80.8 Å². The molecule has 2 aromatic heterocycles. The molecule has 95 heavy (non-hydrogen) atoms. The number of aliphatic imine (C=N–C) groups is 1. The molecule has 3 saturated heterocycles. The summed E-state index contributed by atoms with van der Waals surface area (Å²) >= 11 is 0.693. The van der Waals surface area contributed by atoms with Crippen LogP contribution in [0.15, 0.2) is 62.9 Å². The van der Waals surface area contributed by atoms with Crippen molar-refractivity contribution in [1.29, 1.82) is 0 Å². The molecule has 8 rings (SSSR count). The number of H-pyrrole nitrogens is 1. The summed E-state index contributed by atoms with van der Waals surface area (Å²) in [6, 6.07) is -2.42. The van der Waals surface area contributed by atoms with E-state index >= 15 is 0 Å². The molecule has 38 heteroatoms. The number of carbonyl (C=O) groups is 13. The third-order valence-corrected chi connectivity index (χ3v) is 17.7. The van der Waals surface area contributed by atoms with Crippen LogP contribution in [0.3, 0.4) is 0 Å². The van der Waals surface area contributed by atoms with Crippen molar-refractivity contribution in [2.75, 3.05) is 57.3 Å². The molecule has 1 aliphatic carbocycles. The van der Waals surface area contributed by atoms with Crippen molar-refractivity contribution in [3.63, 3.8) is 0 Å². The van der Waals surface area contributed by atoms with Crippen molar-refractivity contribution >= 4 is 117 Å². The molecule has 17 N–H and O–H groups in total. The number of hydrogen-bond acceptors (Lipinski definition) is 25. The van der Waals surface area contributed by atoms with Crippen LogP contribution >= 0.6 is 11.8 Å². The van der Waals surface area contributed by atoms with E-state index in [1.165, 1.54) is 56.5 Å². The molecule has 4 aliphatic heterocycles. The molecule has 0 spiro atoms. The van der Waals surface area contributed by atoms with Gasteiger partial charge in [-0.25, -0.2) is 24.4 Å². The van der Waals surface area contributed by atoms with Crippen LogP contribution in [0.4, 0.5) is 16.4 Å². The Morgan fingerprint density at radius 2 is 1.54 bits per heavy atom. The minimum absolute atomic E-state index is 0.0213. The second kappa shape index (κ2) is 29.9. The molecule has 37 nitrogen and oxygen atoms in total. The van der Waals surface area contributed by atoms with Crippen LogP contribution < -0.4 is 55.1 Å². The molecule has 9 atom stereocenters. The Balaban J connectivity index is 0.823. The van der Waals surface area contributed by atoms with Gasteiger partial charge in [-0.3, -0.25) is 67.6 Å². The number of nitrogens with one attached hydrogen (secondary N) is 6. The predicted octanol–water partition coefficient (Wildman–Crippen LogP) is -3.74.